The Bertz CT molecular complexity index is 1230. The van der Waals surface area contributed by atoms with Crippen molar-refractivity contribution in [2.45, 2.75) is 11.8 Å². The van der Waals surface area contributed by atoms with E-state index in [-0.39, 0.29) is 34.3 Å². The fourth-order valence-electron chi connectivity index (χ4n) is 3.00. The minimum atomic E-state index is -3.94. The van der Waals surface area contributed by atoms with Crippen LogP contribution in [0.3, 0.4) is 0 Å². The molecule has 2 aromatic heterocycles. The van der Waals surface area contributed by atoms with Gasteiger partial charge in [-0.1, -0.05) is 18.2 Å². The SMILES string of the molecule is CCN1c2c(oc(=O)n(-c3ccccn3)c2=O)-c2ccccc2S1(=O)=O. The lowest BCUT2D eigenvalue weighted by Gasteiger charge is -2.29. The zero-order chi connectivity index (χ0) is 18.5. The number of nitrogens with zero attached hydrogens (tertiary/aromatic N) is 3. The smallest absolute Gasteiger partial charge is 0.406 e. The lowest BCUT2D eigenvalue weighted by molar-refractivity contribution is 0.467. The number of hydrogen-bond acceptors (Lipinski definition) is 6. The van der Waals surface area contributed by atoms with Crippen molar-refractivity contribution in [3.05, 3.63) is 69.6 Å². The zero-order valence-corrected chi connectivity index (χ0v) is 14.4. The predicted octanol–water partition coefficient (Wildman–Crippen LogP) is 1.38. The average Bonchev–Trinajstić information content (AvgIpc) is 2.64. The fraction of sp³-hybridized carbons (Fsp3) is 0.118. The summed E-state index contributed by atoms with van der Waals surface area (Å²) in [7, 11) is -3.94. The van der Waals surface area contributed by atoms with Crippen LogP contribution in [0.25, 0.3) is 17.1 Å². The molecule has 0 N–H and O–H groups in total. The molecule has 0 unspecified atom stereocenters. The molecule has 132 valence electrons. The summed E-state index contributed by atoms with van der Waals surface area (Å²) in [6.07, 6.45) is 1.42. The van der Waals surface area contributed by atoms with E-state index in [1.54, 1.807) is 31.2 Å². The van der Waals surface area contributed by atoms with Crippen LogP contribution in [0.15, 0.2) is 67.6 Å². The van der Waals surface area contributed by atoms with Crippen molar-refractivity contribution >= 4 is 15.7 Å². The Hall–Kier alpha value is -3.20. The summed E-state index contributed by atoms with van der Waals surface area (Å²) >= 11 is 0. The van der Waals surface area contributed by atoms with Crippen LogP contribution in [0.4, 0.5) is 5.69 Å². The normalized spacial score (nSPS) is 14.6. The molecular formula is C17H13N3O5S. The van der Waals surface area contributed by atoms with Crippen LogP contribution in [-0.4, -0.2) is 24.5 Å². The Labute approximate surface area is 148 Å². The molecule has 1 aromatic carbocycles. The highest BCUT2D eigenvalue weighted by atomic mass is 32.2. The molecule has 0 radical (unpaired) electrons. The quantitative estimate of drug-likeness (QED) is 0.674. The minimum absolute atomic E-state index is 0.00696. The number of sulfonamides is 1. The maximum atomic E-state index is 13.1. The Morgan fingerprint density at radius 2 is 1.81 bits per heavy atom. The number of anilines is 1. The van der Waals surface area contributed by atoms with E-state index in [4.69, 9.17) is 4.42 Å². The van der Waals surface area contributed by atoms with E-state index in [2.05, 4.69) is 4.98 Å². The topological polar surface area (TPSA) is 102 Å². The monoisotopic (exact) mass is 371 g/mol. The van der Waals surface area contributed by atoms with E-state index in [1.807, 2.05) is 0 Å². The molecule has 0 bridgehead atoms. The number of fused-ring (bicyclic) bond motifs is 3. The summed E-state index contributed by atoms with van der Waals surface area (Å²) in [5, 5.41) is 0. The molecule has 0 saturated carbocycles. The van der Waals surface area contributed by atoms with Crippen LogP contribution < -0.4 is 15.6 Å². The van der Waals surface area contributed by atoms with Crippen molar-refractivity contribution in [3.8, 4) is 17.1 Å². The van der Waals surface area contributed by atoms with Gasteiger partial charge in [-0.3, -0.25) is 9.10 Å². The van der Waals surface area contributed by atoms with Gasteiger partial charge >= 0.3 is 5.76 Å². The molecule has 0 spiro atoms. The molecule has 1 aliphatic rings. The maximum Gasteiger partial charge on any atom is 0.428 e. The van der Waals surface area contributed by atoms with Gasteiger partial charge < -0.3 is 4.42 Å². The lowest BCUT2D eigenvalue weighted by atomic mass is 10.1. The first-order valence-electron chi connectivity index (χ1n) is 7.80. The van der Waals surface area contributed by atoms with Crippen molar-refractivity contribution in [1.82, 2.24) is 9.55 Å². The Kier molecular flexibility index (Phi) is 3.55. The highest BCUT2D eigenvalue weighted by Gasteiger charge is 2.38. The lowest BCUT2D eigenvalue weighted by Crippen LogP contribution is -2.43. The molecule has 0 atom stereocenters. The second-order valence-electron chi connectivity index (χ2n) is 5.54. The third kappa shape index (κ3) is 2.14. The van der Waals surface area contributed by atoms with Crippen molar-refractivity contribution in [2.24, 2.45) is 0 Å². The van der Waals surface area contributed by atoms with E-state index in [1.165, 1.54) is 24.4 Å². The van der Waals surface area contributed by atoms with Crippen molar-refractivity contribution in [2.75, 3.05) is 10.8 Å². The third-order valence-electron chi connectivity index (χ3n) is 4.11. The van der Waals surface area contributed by atoms with Crippen LogP contribution in [0, 0.1) is 0 Å². The molecular weight excluding hydrogens is 358 g/mol. The van der Waals surface area contributed by atoms with Gasteiger partial charge in [-0.25, -0.2) is 18.2 Å². The highest BCUT2D eigenvalue weighted by molar-refractivity contribution is 7.93. The van der Waals surface area contributed by atoms with E-state index in [0.717, 1.165) is 8.87 Å². The summed E-state index contributed by atoms with van der Waals surface area (Å²) in [6.45, 7) is 1.61. The van der Waals surface area contributed by atoms with Crippen LogP contribution in [-0.2, 0) is 10.0 Å². The molecule has 9 heteroatoms. The largest absolute Gasteiger partial charge is 0.428 e. The van der Waals surface area contributed by atoms with Gasteiger partial charge in [0.2, 0.25) is 0 Å². The van der Waals surface area contributed by atoms with Gasteiger partial charge in [0.25, 0.3) is 15.6 Å². The van der Waals surface area contributed by atoms with Crippen molar-refractivity contribution in [1.29, 1.82) is 0 Å². The second kappa shape index (κ2) is 5.67. The molecule has 3 aromatic rings. The molecule has 3 heterocycles. The Morgan fingerprint density at radius 1 is 1.08 bits per heavy atom. The summed E-state index contributed by atoms with van der Waals surface area (Å²) in [5.74, 6) is -0.932. The summed E-state index contributed by atoms with van der Waals surface area (Å²) in [5.41, 5.74) is -0.805. The molecule has 0 aliphatic carbocycles. The number of rotatable bonds is 2. The summed E-state index contributed by atoms with van der Waals surface area (Å²) < 4.78 is 32.9. The average molecular weight is 371 g/mol. The van der Waals surface area contributed by atoms with Gasteiger partial charge in [-0.15, -0.1) is 0 Å². The number of benzene rings is 1. The van der Waals surface area contributed by atoms with Crippen LogP contribution in [0.1, 0.15) is 6.92 Å². The van der Waals surface area contributed by atoms with Crippen molar-refractivity contribution < 1.29 is 12.8 Å². The minimum Gasteiger partial charge on any atom is -0.406 e. The molecule has 1 aliphatic heterocycles. The highest BCUT2D eigenvalue weighted by Crippen LogP contribution is 2.40. The van der Waals surface area contributed by atoms with Gasteiger partial charge in [-0.05, 0) is 31.2 Å². The van der Waals surface area contributed by atoms with Crippen LogP contribution in [0.5, 0.6) is 0 Å². The molecule has 0 fully saturated rings. The number of hydrogen-bond donors (Lipinski definition) is 0. The predicted molar refractivity (Wildman–Crippen MR) is 94.0 cm³/mol. The third-order valence-corrected chi connectivity index (χ3v) is 6.04. The van der Waals surface area contributed by atoms with Gasteiger partial charge in [0.1, 0.15) is 5.82 Å². The first-order chi connectivity index (χ1) is 12.5. The second-order valence-corrected chi connectivity index (χ2v) is 7.37. The van der Waals surface area contributed by atoms with Gasteiger partial charge in [-0.2, -0.15) is 4.57 Å². The molecule has 8 nitrogen and oxygen atoms in total. The van der Waals surface area contributed by atoms with E-state index >= 15 is 0 Å². The van der Waals surface area contributed by atoms with Gasteiger partial charge in [0.05, 0.1) is 4.90 Å². The Morgan fingerprint density at radius 3 is 2.50 bits per heavy atom. The zero-order valence-electron chi connectivity index (χ0n) is 13.6. The van der Waals surface area contributed by atoms with Crippen LogP contribution in [0.2, 0.25) is 0 Å². The standard InChI is InChI=1S/C17H13N3O5S/c1-2-19-14-15(11-7-3-4-8-12(11)26(19,23)24)25-17(22)20(16(14)21)13-9-5-6-10-18-13/h3-10H,2H2,1H3. The Balaban J connectivity index is 2.16. The molecule has 4 rings (SSSR count). The van der Waals surface area contributed by atoms with E-state index < -0.39 is 21.3 Å². The summed E-state index contributed by atoms with van der Waals surface area (Å²) in [6, 6.07) is 10.8. The number of aromatic nitrogens is 2. The molecule has 0 amide bonds. The van der Waals surface area contributed by atoms with Gasteiger partial charge in [0, 0.05) is 18.3 Å². The van der Waals surface area contributed by atoms with E-state index in [0.29, 0.717) is 0 Å². The first kappa shape index (κ1) is 16.3. The number of pyridine rings is 1. The van der Waals surface area contributed by atoms with E-state index in [9.17, 15) is 18.0 Å². The molecule has 26 heavy (non-hydrogen) atoms. The first-order valence-corrected chi connectivity index (χ1v) is 9.24. The van der Waals surface area contributed by atoms with Crippen LogP contribution >= 0.6 is 0 Å². The summed E-state index contributed by atoms with van der Waals surface area (Å²) in [4.78, 5) is 29.5. The fourth-order valence-corrected chi connectivity index (χ4v) is 4.67. The van der Waals surface area contributed by atoms with Crippen molar-refractivity contribution in [3.63, 3.8) is 0 Å². The maximum absolute atomic E-state index is 13.1. The van der Waals surface area contributed by atoms with Gasteiger partial charge in [0.15, 0.2) is 11.4 Å². The molecule has 0 saturated heterocycles.